The van der Waals surface area contributed by atoms with Crippen LogP contribution < -0.4 is 24.3 Å². The van der Waals surface area contributed by atoms with Gasteiger partial charge in [0, 0.05) is 29.8 Å². The lowest BCUT2D eigenvalue weighted by Gasteiger charge is -2.41. The molecule has 0 spiro atoms. The van der Waals surface area contributed by atoms with Crippen molar-refractivity contribution in [1.29, 1.82) is 0 Å². The Kier molecular flexibility index (Phi) is 10.5. The molecule has 12 heteroatoms. The van der Waals surface area contributed by atoms with Crippen LogP contribution in [0.1, 0.15) is 67.4 Å². The van der Waals surface area contributed by atoms with Crippen molar-refractivity contribution < 1.29 is 48.3 Å². The van der Waals surface area contributed by atoms with Crippen molar-refractivity contribution in [3.63, 3.8) is 0 Å². The summed E-state index contributed by atoms with van der Waals surface area (Å²) in [5.41, 5.74) is 1.80. The van der Waals surface area contributed by atoms with Crippen molar-refractivity contribution in [1.82, 2.24) is 10.2 Å². The van der Waals surface area contributed by atoms with Gasteiger partial charge in [-0.25, -0.2) is 0 Å². The maximum absolute atomic E-state index is 14.3. The van der Waals surface area contributed by atoms with E-state index in [9.17, 15) is 24.6 Å². The summed E-state index contributed by atoms with van der Waals surface area (Å²) in [4.78, 5) is 41.4. The Morgan fingerprint density at radius 3 is 2.67 bits per heavy atom. The number of amides is 2. The van der Waals surface area contributed by atoms with Crippen LogP contribution >= 0.6 is 0 Å². The third kappa shape index (κ3) is 6.99. The van der Waals surface area contributed by atoms with E-state index in [1.54, 1.807) is 24.3 Å². The van der Waals surface area contributed by atoms with Gasteiger partial charge in [0.1, 0.15) is 25.1 Å². The van der Waals surface area contributed by atoms with Gasteiger partial charge in [0.2, 0.25) is 18.6 Å². The van der Waals surface area contributed by atoms with Crippen LogP contribution in [0.2, 0.25) is 0 Å². The van der Waals surface area contributed by atoms with Crippen molar-refractivity contribution >= 4 is 18.1 Å². The third-order valence-electron chi connectivity index (χ3n) is 10.3. The van der Waals surface area contributed by atoms with Gasteiger partial charge in [0.15, 0.2) is 23.0 Å². The first kappa shape index (κ1) is 34.7. The molecule has 264 valence electrons. The molecule has 2 amide bonds. The molecule has 2 aromatic carbocycles. The SMILES string of the molecule is COc1cc(C=O)cc2c1O[C@@H]1[C@@H](O)[C@H](N(Cc3ccc4c(c3)OCO4)C(=O)CO[C@H]3C[C@@H](C)CC[C@@H]3C(C)C)C=C(C(=O)NCCO)[C@H]21. The van der Waals surface area contributed by atoms with Gasteiger partial charge in [-0.15, -0.1) is 0 Å². The fourth-order valence-corrected chi connectivity index (χ4v) is 7.72. The van der Waals surface area contributed by atoms with Crippen LogP contribution in [0.5, 0.6) is 23.0 Å². The standard InChI is InChI=1S/C37H46N2O10/c1-20(2)24-7-5-21(3)11-29(24)46-18-32(42)39(16-22-6-8-28-30(13-22)48-19-47-28)27-15-26(37(44)38-9-10-40)33-25-12-23(17-41)14-31(45-4)35(25)49-36(33)34(27)43/h6,8,12-15,17,20-21,24,27,29,33-34,36,40,43H,5,7,9-11,16,18-19H2,1-4H3,(H,38,44)/t21-,24+,27+,29-,33-,34-,36-/m0/s1. The molecule has 6 rings (SSSR count). The van der Waals surface area contributed by atoms with Crippen molar-refractivity contribution in [3.05, 3.63) is 58.7 Å². The first-order chi connectivity index (χ1) is 23.6. The summed E-state index contributed by atoms with van der Waals surface area (Å²) in [5.74, 6) is 1.33. The molecule has 2 aromatic rings. The van der Waals surface area contributed by atoms with Crippen molar-refractivity contribution in [2.24, 2.45) is 17.8 Å². The number of carbonyl (C=O) groups is 3. The zero-order valence-corrected chi connectivity index (χ0v) is 28.4. The second-order valence-electron chi connectivity index (χ2n) is 13.8. The summed E-state index contributed by atoms with van der Waals surface area (Å²) in [6.45, 7) is 6.24. The highest BCUT2D eigenvalue weighted by Gasteiger charge is 2.51. The zero-order chi connectivity index (χ0) is 34.8. The summed E-state index contributed by atoms with van der Waals surface area (Å²) < 4.78 is 29.4. The number of aliphatic hydroxyl groups is 2. The summed E-state index contributed by atoms with van der Waals surface area (Å²) in [6.07, 6.45) is 2.93. The van der Waals surface area contributed by atoms with E-state index in [0.29, 0.717) is 52.4 Å². The maximum atomic E-state index is 14.3. The van der Waals surface area contributed by atoms with E-state index < -0.39 is 30.1 Å². The van der Waals surface area contributed by atoms with Crippen LogP contribution in [0.3, 0.4) is 0 Å². The van der Waals surface area contributed by atoms with Crippen LogP contribution in [0, 0.1) is 17.8 Å². The van der Waals surface area contributed by atoms with Gasteiger partial charge in [-0.1, -0.05) is 33.3 Å². The topological polar surface area (TPSA) is 153 Å². The Morgan fingerprint density at radius 1 is 1.14 bits per heavy atom. The number of fused-ring (bicyclic) bond motifs is 4. The quantitative estimate of drug-likeness (QED) is 0.285. The van der Waals surface area contributed by atoms with Gasteiger partial charge >= 0.3 is 0 Å². The largest absolute Gasteiger partial charge is 0.493 e. The smallest absolute Gasteiger partial charge is 0.249 e. The molecule has 0 aromatic heterocycles. The van der Waals surface area contributed by atoms with E-state index in [0.717, 1.165) is 24.8 Å². The predicted molar refractivity (Wildman–Crippen MR) is 178 cm³/mol. The Hall–Kier alpha value is -4.13. The lowest BCUT2D eigenvalue weighted by molar-refractivity contribution is -0.148. The fourth-order valence-electron chi connectivity index (χ4n) is 7.72. The van der Waals surface area contributed by atoms with Crippen LogP contribution in [-0.2, 0) is 20.9 Å². The van der Waals surface area contributed by atoms with Crippen LogP contribution in [0.4, 0.5) is 0 Å². The number of benzene rings is 2. The lowest BCUT2D eigenvalue weighted by Crippen LogP contribution is -2.56. The normalized spacial score (nSPS) is 26.7. The first-order valence-electron chi connectivity index (χ1n) is 17.1. The van der Waals surface area contributed by atoms with E-state index in [2.05, 4.69) is 26.1 Å². The average Bonchev–Trinajstić information content (AvgIpc) is 3.73. The maximum Gasteiger partial charge on any atom is 0.249 e. The predicted octanol–water partition coefficient (Wildman–Crippen LogP) is 3.37. The Bertz CT molecular complexity index is 1590. The molecule has 12 nitrogen and oxygen atoms in total. The molecule has 2 aliphatic heterocycles. The Morgan fingerprint density at radius 2 is 1.94 bits per heavy atom. The lowest BCUT2D eigenvalue weighted by atomic mass is 9.75. The van der Waals surface area contributed by atoms with Gasteiger partial charge in [-0.2, -0.15) is 0 Å². The van der Waals surface area contributed by atoms with Crippen molar-refractivity contribution in [3.8, 4) is 23.0 Å². The summed E-state index contributed by atoms with van der Waals surface area (Å²) in [6, 6.07) is 7.55. The molecule has 7 atom stereocenters. The van der Waals surface area contributed by atoms with Crippen molar-refractivity contribution in [2.45, 2.75) is 76.9 Å². The molecule has 49 heavy (non-hydrogen) atoms. The van der Waals surface area contributed by atoms with Gasteiger partial charge in [0.05, 0.1) is 31.8 Å². The number of ether oxygens (including phenoxy) is 5. The van der Waals surface area contributed by atoms with Gasteiger partial charge in [-0.3, -0.25) is 14.4 Å². The number of rotatable bonds is 12. The molecule has 0 bridgehead atoms. The van der Waals surface area contributed by atoms with E-state index in [4.69, 9.17) is 23.7 Å². The molecule has 1 fully saturated rings. The number of hydrogen-bond acceptors (Lipinski definition) is 10. The molecular formula is C37H46N2O10. The summed E-state index contributed by atoms with van der Waals surface area (Å²) in [5, 5.41) is 24.3. The minimum absolute atomic E-state index is 0.00327. The number of methoxy groups -OCH3 is 1. The molecular weight excluding hydrogens is 632 g/mol. The third-order valence-corrected chi connectivity index (χ3v) is 10.3. The molecule has 0 unspecified atom stereocenters. The van der Waals surface area contributed by atoms with E-state index >= 15 is 0 Å². The fraction of sp³-hybridized carbons (Fsp3) is 0.541. The number of hydrogen-bond donors (Lipinski definition) is 3. The molecule has 0 radical (unpaired) electrons. The highest BCUT2D eigenvalue weighted by molar-refractivity contribution is 5.96. The van der Waals surface area contributed by atoms with Gasteiger partial charge in [0.25, 0.3) is 0 Å². The molecule has 0 saturated heterocycles. The highest BCUT2D eigenvalue weighted by atomic mass is 16.7. The van der Waals surface area contributed by atoms with E-state index in [1.807, 2.05) is 6.07 Å². The van der Waals surface area contributed by atoms with Crippen LogP contribution in [0.15, 0.2) is 42.0 Å². The second-order valence-corrected chi connectivity index (χ2v) is 13.8. The molecule has 3 N–H and O–H groups in total. The number of carbonyl (C=O) groups excluding carboxylic acids is 3. The number of nitrogens with one attached hydrogen (secondary N) is 1. The van der Waals surface area contributed by atoms with Gasteiger partial charge in [-0.05, 0) is 66.5 Å². The number of aliphatic hydroxyl groups excluding tert-OH is 2. The minimum atomic E-state index is -1.28. The number of aldehydes is 1. The Labute approximate surface area is 286 Å². The number of nitrogens with zero attached hydrogens (tertiary/aromatic N) is 1. The van der Waals surface area contributed by atoms with E-state index in [1.165, 1.54) is 18.1 Å². The highest BCUT2D eigenvalue weighted by Crippen LogP contribution is 2.51. The molecule has 2 aliphatic carbocycles. The summed E-state index contributed by atoms with van der Waals surface area (Å²) >= 11 is 0. The van der Waals surface area contributed by atoms with Gasteiger partial charge < -0.3 is 44.1 Å². The first-order valence-corrected chi connectivity index (χ1v) is 17.1. The zero-order valence-electron chi connectivity index (χ0n) is 28.4. The van der Waals surface area contributed by atoms with E-state index in [-0.39, 0.29) is 56.4 Å². The average molecular weight is 679 g/mol. The van der Waals surface area contributed by atoms with Crippen LogP contribution in [-0.4, -0.2) is 91.2 Å². The Balaban J connectivity index is 1.37. The van der Waals surface area contributed by atoms with Crippen molar-refractivity contribution in [2.75, 3.05) is 33.7 Å². The second kappa shape index (κ2) is 14.8. The summed E-state index contributed by atoms with van der Waals surface area (Å²) in [7, 11) is 1.45. The molecule has 2 heterocycles. The molecule has 1 saturated carbocycles. The monoisotopic (exact) mass is 678 g/mol. The van der Waals surface area contributed by atoms with Crippen LogP contribution in [0.25, 0.3) is 0 Å². The minimum Gasteiger partial charge on any atom is -0.493 e. The molecule has 4 aliphatic rings.